The monoisotopic (exact) mass is 236 g/mol. The van der Waals surface area contributed by atoms with Crippen LogP contribution in [0.25, 0.3) is 0 Å². The second kappa shape index (κ2) is 5.61. The van der Waals surface area contributed by atoms with Crippen molar-refractivity contribution in [3.05, 3.63) is 35.6 Å². The van der Waals surface area contributed by atoms with Crippen molar-refractivity contribution in [2.75, 3.05) is 13.1 Å². The second-order valence-corrected chi connectivity index (χ2v) is 5.04. The van der Waals surface area contributed by atoms with Crippen LogP contribution in [-0.2, 0) is 6.42 Å². The number of benzene rings is 1. The van der Waals surface area contributed by atoms with Crippen LogP contribution in [0.1, 0.15) is 25.3 Å². The molecule has 0 aromatic heterocycles. The average Bonchev–Trinajstić information content (AvgIpc) is 2.32. The molecule has 1 aliphatic heterocycles. The zero-order valence-corrected chi connectivity index (χ0v) is 10.4. The summed E-state index contributed by atoms with van der Waals surface area (Å²) in [6, 6.07) is 7.68. The Morgan fingerprint density at radius 3 is 2.94 bits per heavy atom. The second-order valence-electron chi connectivity index (χ2n) is 5.04. The normalized spacial score (nSPS) is 23.6. The number of halogens is 1. The molecule has 0 bridgehead atoms. The molecule has 94 valence electrons. The van der Waals surface area contributed by atoms with Gasteiger partial charge >= 0.3 is 0 Å². The van der Waals surface area contributed by atoms with Crippen molar-refractivity contribution >= 4 is 0 Å². The Labute approximate surface area is 103 Å². The van der Waals surface area contributed by atoms with E-state index in [0.29, 0.717) is 6.04 Å². The van der Waals surface area contributed by atoms with Gasteiger partial charge in [-0.15, -0.1) is 0 Å². The fourth-order valence-electron chi connectivity index (χ4n) is 2.55. The highest BCUT2D eigenvalue weighted by atomic mass is 19.1. The lowest BCUT2D eigenvalue weighted by atomic mass is 10.0. The van der Waals surface area contributed by atoms with Gasteiger partial charge in [0.25, 0.3) is 0 Å². The van der Waals surface area contributed by atoms with E-state index in [1.54, 1.807) is 6.07 Å². The van der Waals surface area contributed by atoms with Crippen LogP contribution < -0.4 is 5.73 Å². The Hall–Kier alpha value is -0.930. The lowest BCUT2D eigenvalue weighted by Crippen LogP contribution is -2.47. The van der Waals surface area contributed by atoms with Crippen molar-refractivity contribution in [1.29, 1.82) is 0 Å². The maximum atomic E-state index is 13.6. The molecule has 0 amide bonds. The number of nitrogens with two attached hydrogens (primary N) is 1. The van der Waals surface area contributed by atoms with Gasteiger partial charge in [-0.05, 0) is 44.4 Å². The Morgan fingerprint density at radius 1 is 1.47 bits per heavy atom. The van der Waals surface area contributed by atoms with Crippen molar-refractivity contribution in [3.8, 4) is 0 Å². The Bertz CT molecular complexity index is 367. The van der Waals surface area contributed by atoms with Gasteiger partial charge < -0.3 is 5.73 Å². The van der Waals surface area contributed by atoms with Gasteiger partial charge in [-0.25, -0.2) is 4.39 Å². The molecule has 2 unspecified atom stereocenters. The van der Waals surface area contributed by atoms with E-state index in [4.69, 9.17) is 5.73 Å². The van der Waals surface area contributed by atoms with Crippen LogP contribution >= 0.6 is 0 Å². The molecule has 0 aliphatic carbocycles. The first kappa shape index (κ1) is 12.5. The van der Waals surface area contributed by atoms with Crippen LogP contribution in [0, 0.1) is 5.82 Å². The third-order valence-corrected chi connectivity index (χ3v) is 3.59. The molecule has 2 nitrogen and oxygen atoms in total. The third-order valence-electron chi connectivity index (χ3n) is 3.59. The molecular formula is C14H21FN2. The molecule has 17 heavy (non-hydrogen) atoms. The molecule has 1 aromatic carbocycles. The van der Waals surface area contributed by atoms with Gasteiger partial charge in [0.15, 0.2) is 0 Å². The highest BCUT2D eigenvalue weighted by molar-refractivity contribution is 5.18. The van der Waals surface area contributed by atoms with Gasteiger partial charge in [0.05, 0.1) is 0 Å². The van der Waals surface area contributed by atoms with E-state index in [0.717, 1.165) is 37.9 Å². The Balaban J connectivity index is 1.96. The fourth-order valence-corrected chi connectivity index (χ4v) is 2.55. The van der Waals surface area contributed by atoms with E-state index in [9.17, 15) is 4.39 Å². The molecule has 2 N–H and O–H groups in total. The molecule has 1 saturated heterocycles. The summed E-state index contributed by atoms with van der Waals surface area (Å²) in [5.41, 5.74) is 6.78. The molecule has 0 radical (unpaired) electrons. The number of likely N-dealkylation sites (tertiary alicyclic amines) is 1. The summed E-state index contributed by atoms with van der Waals surface area (Å²) in [6.45, 7) is 4.18. The van der Waals surface area contributed by atoms with Gasteiger partial charge in [0, 0.05) is 18.6 Å². The van der Waals surface area contributed by atoms with Crippen molar-refractivity contribution in [2.45, 2.75) is 38.3 Å². The van der Waals surface area contributed by atoms with Crippen LogP contribution in [0.3, 0.4) is 0 Å². The van der Waals surface area contributed by atoms with Crippen LogP contribution in [0.2, 0.25) is 0 Å². The molecule has 1 aliphatic rings. The number of nitrogens with zero attached hydrogens (tertiary/aromatic N) is 1. The van der Waals surface area contributed by atoms with Gasteiger partial charge in [-0.1, -0.05) is 18.2 Å². The largest absolute Gasteiger partial charge is 0.327 e. The van der Waals surface area contributed by atoms with Gasteiger partial charge in [0.2, 0.25) is 0 Å². The lowest BCUT2D eigenvalue weighted by Gasteiger charge is -2.35. The first-order chi connectivity index (χ1) is 8.16. The van der Waals surface area contributed by atoms with Gasteiger partial charge in [-0.3, -0.25) is 4.90 Å². The molecule has 2 atom stereocenters. The minimum atomic E-state index is -0.0966. The van der Waals surface area contributed by atoms with Crippen LogP contribution in [0.4, 0.5) is 4.39 Å². The summed E-state index contributed by atoms with van der Waals surface area (Å²) in [5, 5.41) is 0. The van der Waals surface area contributed by atoms with E-state index in [-0.39, 0.29) is 11.9 Å². The van der Waals surface area contributed by atoms with Crippen molar-refractivity contribution < 1.29 is 4.39 Å². The van der Waals surface area contributed by atoms with Crippen LogP contribution in [0.15, 0.2) is 24.3 Å². The van der Waals surface area contributed by atoms with E-state index >= 15 is 0 Å². The maximum Gasteiger partial charge on any atom is 0.126 e. The third kappa shape index (κ3) is 3.27. The summed E-state index contributed by atoms with van der Waals surface area (Å²) in [5.74, 6) is -0.0966. The first-order valence-electron chi connectivity index (χ1n) is 6.40. The predicted octanol–water partition coefficient (Wildman–Crippen LogP) is 2.18. The van der Waals surface area contributed by atoms with Crippen LogP contribution in [-0.4, -0.2) is 30.1 Å². The zero-order valence-electron chi connectivity index (χ0n) is 10.4. The summed E-state index contributed by atoms with van der Waals surface area (Å²) < 4.78 is 13.6. The van der Waals surface area contributed by atoms with Crippen molar-refractivity contribution in [1.82, 2.24) is 4.90 Å². The van der Waals surface area contributed by atoms with Crippen molar-refractivity contribution in [2.24, 2.45) is 5.73 Å². The summed E-state index contributed by atoms with van der Waals surface area (Å²) >= 11 is 0. The summed E-state index contributed by atoms with van der Waals surface area (Å²) in [7, 11) is 0. The number of rotatable bonds is 3. The molecule has 3 heteroatoms. The molecule has 1 fully saturated rings. The average molecular weight is 236 g/mol. The van der Waals surface area contributed by atoms with E-state index in [1.807, 2.05) is 12.1 Å². The van der Waals surface area contributed by atoms with E-state index < -0.39 is 0 Å². The van der Waals surface area contributed by atoms with Gasteiger partial charge in [-0.2, -0.15) is 0 Å². The molecule has 2 rings (SSSR count). The number of hydrogen-bond donors (Lipinski definition) is 1. The smallest absolute Gasteiger partial charge is 0.126 e. The lowest BCUT2D eigenvalue weighted by molar-refractivity contribution is 0.157. The SMILES string of the molecule is CC(Cc1ccccc1F)N1CCCC(N)C1. The van der Waals surface area contributed by atoms with Crippen molar-refractivity contribution in [3.63, 3.8) is 0 Å². The topological polar surface area (TPSA) is 29.3 Å². The predicted molar refractivity (Wildman–Crippen MR) is 68.3 cm³/mol. The standard InChI is InChI=1S/C14H21FN2/c1-11(17-8-4-6-13(16)10-17)9-12-5-2-3-7-14(12)15/h2-3,5,7,11,13H,4,6,8-10,16H2,1H3. The van der Waals surface area contributed by atoms with E-state index in [1.165, 1.54) is 6.07 Å². The quantitative estimate of drug-likeness (QED) is 0.871. The summed E-state index contributed by atoms with van der Waals surface area (Å²) in [4.78, 5) is 2.38. The minimum absolute atomic E-state index is 0.0966. The maximum absolute atomic E-state index is 13.6. The summed E-state index contributed by atoms with van der Waals surface area (Å²) in [6.07, 6.45) is 3.03. The molecule has 1 aromatic rings. The fraction of sp³-hybridized carbons (Fsp3) is 0.571. The Kier molecular flexibility index (Phi) is 4.13. The molecular weight excluding hydrogens is 215 g/mol. The zero-order chi connectivity index (χ0) is 12.3. The highest BCUT2D eigenvalue weighted by Crippen LogP contribution is 2.16. The van der Waals surface area contributed by atoms with Crippen LogP contribution in [0.5, 0.6) is 0 Å². The number of hydrogen-bond acceptors (Lipinski definition) is 2. The molecule has 0 saturated carbocycles. The molecule has 1 heterocycles. The van der Waals surface area contributed by atoms with E-state index in [2.05, 4.69) is 11.8 Å². The Morgan fingerprint density at radius 2 is 2.24 bits per heavy atom. The minimum Gasteiger partial charge on any atom is -0.327 e. The number of piperidine rings is 1. The highest BCUT2D eigenvalue weighted by Gasteiger charge is 2.21. The molecule has 0 spiro atoms. The first-order valence-corrected chi connectivity index (χ1v) is 6.40. The van der Waals surface area contributed by atoms with Gasteiger partial charge in [0.1, 0.15) is 5.82 Å².